The number of azide groups is 1. The molecule has 0 unspecified atom stereocenters. The molecule has 1 fully saturated rings. The molecule has 0 aliphatic carbocycles. The van der Waals surface area contributed by atoms with Crippen LogP contribution in [0.2, 0.25) is 5.02 Å². The molecule has 0 saturated carbocycles. The fourth-order valence-electron chi connectivity index (χ4n) is 2.96. The van der Waals surface area contributed by atoms with Crippen molar-refractivity contribution in [3.8, 4) is 6.07 Å². The number of nitrogens with zero attached hydrogens (tertiary/aromatic N) is 4. The molecule has 0 bridgehead atoms. The number of nitriles is 1. The van der Waals surface area contributed by atoms with Crippen LogP contribution in [0, 0.1) is 11.3 Å². The van der Waals surface area contributed by atoms with E-state index in [4.69, 9.17) is 41.3 Å². The molecule has 11 nitrogen and oxygen atoms in total. The lowest BCUT2D eigenvalue weighted by molar-refractivity contribution is -0.201. The SMILES string of the molecule is CC(=O)OC[C@H]1O[C@H](Sc2ccc(C#N)c(Cl)c2)[C@H](OC(C)=O)[C@@H](N=[N+]=[N-])[C@H]1OC(C)=O. The maximum absolute atomic E-state index is 11.8. The summed E-state index contributed by atoms with van der Waals surface area (Å²) in [6, 6.07) is 5.43. The van der Waals surface area contributed by atoms with Crippen LogP contribution in [0.5, 0.6) is 0 Å². The van der Waals surface area contributed by atoms with Crippen LogP contribution in [0.25, 0.3) is 10.4 Å². The van der Waals surface area contributed by atoms with Crippen LogP contribution < -0.4 is 0 Å². The van der Waals surface area contributed by atoms with E-state index in [1.54, 1.807) is 6.07 Å². The van der Waals surface area contributed by atoms with Crippen molar-refractivity contribution in [1.29, 1.82) is 5.26 Å². The first-order valence-electron chi connectivity index (χ1n) is 9.20. The van der Waals surface area contributed by atoms with Crippen molar-refractivity contribution in [2.45, 2.75) is 55.5 Å². The maximum atomic E-state index is 11.8. The predicted molar refractivity (Wildman–Crippen MR) is 111 cm³/mol. The summed E-state index contributed by atoms with van der Waals surface area (Å²) in [5.41, 5.74) is 8.41. The zero-order valence-electron chi connectivity index (χ0n) is 17.3. The van der Waals surface area contributed by atoms with E-state index in [1.165, 1.54) is 26.0 Å². The van der Waals surface area contributed by atoms with Gasteiger partial charge in [-0.05, 0) is 23.7 Å². The molecular formula is C19H19ClN4O7S. The molecule has 1 aliphatic heterocycles. The Labute approximate surface area is 192 Å². The summed E-state index contributed by atoms with van der Waals surface area (Å²) in [6.07, 6.45) is -3.36. The van der Waals surface area contributed by atoms with Gasteiger partial charge in [0.15, 0.2) is 0 Å². The number of hydrogen-bond donors (Lipinski definition) is 0. The van der Waals surface area contributed by atoms with Gasteiger partial charge in [-0.3, -0.25) is 14.4 Å². The summed E-state index contributed by atoms with van der Waals surface area (Å²) < 4.78 is 21.7. The van der Waals surface area contributed by atoms with Crippen molar-refractivity contribution in [2.24, 2.45) is 5.11 Å². The van der Waals surface area contributed by atoms with Crippen molar-refractivity contribution in [2.75, 3.05) is 6.61 Å². The maximum Gasteiger partial charge on any atom is 0.303 e. The highest BCUT2D eigenvalue weighted by Gasteiger charge is 2.50. The molecule has 170 valence electrons. The van der Waals surface area contributed by atoms with Gasteiger partial charge in [-0.15, -0.1) is 0 Å². The Balaban J connectivity index is 2.46. The minimum absolute atomic E-state index is 0.207. The van der Waals surface area contributed by atoms with Crippen molar-refractivity contribution in [3.05, 3.63) is 39.2 Å². The van der Waals surface area contributed by atoms with Gasteiger partial charge in [0.2, 0.25) is 0 Å². The molecule has 32 heavy (non-hydrogen) atoms. The lowest BCUT2D eigenvalue weighted by atomic mass is 9.97. The van der Waals surface area contributed by atoms with Gasteiger partial charge in [-0.1, -0.05) is 28.5 Å². The van der Waals surface area contributed by atoms with Crippen LogP contribution >= 0.6 is 23.4 Å². The normalized spacial score (nSPS) is 24.4. The number of ether oxygens (including phenoxy) is 4. The van der Waals surface area contributed by atoms with E-state index in [-0.39, 0.29) is 17.2 Å². The van der Waals surface area contributed by atoms with Gasteiger partial charge in [0.05, 0.1) is 10.6 Å². The second kappa shape index (κ2) is 11.6. The molecule has 0 amide bonds. The molecular weight excluding hydrogens is 464 g/mol. The highest BCUT2D eigenvalue weighted by atomic mass is 35.5. The predicted octanol–water partition coefficient (Wildman–Crippen LogP) is 3.13. The largest absolute Gasteiger partial charge is 0.463 e. The topological polar surface area (TPSA) is 161 Å². The van der Waals surface area contributed by atoms with Crippen LogP contribution in [-0.2, 0) is 33.3 Å². The van der Waals surface area contributed by atoms with E-state index in [0.29, 0.717) is 4.90 Å². The first-order valence-corrected chi connectivity index (χ1v) is 10.5. The fraction of sp³-hybridized carbons (Fsp3) is 0.474. The summed E-state index contributed by atoms with van der Waals surface area (Å²) >= 11 is 7.18. The first kappa shape index (κ1) is 25.3. The third-order valence-electron chi connectivity index (χ3n) is 4.17. The van der Waals surface area contributed by atoms with Crippen molar-refractivity contribution in [1.82, 2.24) is 0 Å². The molecule has 0 aromatic heterocycles. The van der Waals surface area contributed by atoms with Crippen LogP contribution in [0.15, 0.2) is 28.2 Å². The molecule has 1 heterocycles. The Morgan fingerprint density at radius 2 is 1.88 bits per heavy atom. The van der Waals surface area contributed by atoms with E-state index >= 15 is 0 Å². The molecule has 2 rings (SSSR count). The van der Waals surface area contributed by atoms with Gasteiger partial charge in [-0.25, -0.2) is 0 Å². The molecule has 0 radical (unpaired) electrons. The van der Waals surface area contributed by atoms with Crippen LogP contribution in [0.3, 0.4) is 0 Å². The summed E-state index contributed by atoms with van der Waals surface area (Å²) in [7, 11) is 0. The number of thioether (sulfide) groups is 1. The quantitative estimate of drug-likeness (QED) is 0.187. The third-order valence-corrected chi connectivity index (χ3v) is 5.62. The minimum Gasteiger partial charge on any atom is -0.463 e. The van der Waals surface area contributed by atoms with Crippen LogP contribution in [0.4, 0.5) is 0 Å². The Kier molecular flexibility index (Phi) is 9.16. The molecule has 5 atom stereocenters. The molecule has 1 aliphatic rings. The van der Waals surface area contributed by atoms with Crippen molar-refractivity contribution in [3.63, 3.8) is 0 Å². The lowest BCUT2D eigenvalue weighted by Gasteiger charge is -2.43. The minimum atomic E-state index is -1.19. The van der Waals surface area contributed by atoms with Crippen LogP contribution in [-0.4, -0.2) is 54.3 Å². The molecule has 0 spiro atoms. The van der Waals surface area contributed by atoms with Gasteiger partial charge >= 0.3 is 17.9 Å². The Morgan fingerprint density at radius 1 is 1.22 bits per heavy atom. The zero-order valence-corrected chi connectivity index (χ0v) is 18.8. The summed E-state index contributed by atoms with van der Waals surface area (Å²) in [6.45, 7) is 3.21. The Hall–Kier alpha value is -2.97. The summed E-state index contributed by atoms with van der Waals surface area (Å²) in [4.78, 5) is 38.1. The van der Waals surface area contributed by atoms with Gasteiger partial charge in [0.25, 0.3) is 0 Å². The van der Waals surface area contributed by atoms with Crippen molar-refractivity contribution >= 4 is 41.3 Å². The number of rotatable bonds is 7. The third kappa shape index (κ3) is 6.77. The molecule has 0 N–H and O–H groups in total. The van der Waals surface area contributed by atoms with Gasteiger partial charge < -0.3 is 18.9 Å². The lowest BCUT2D eigenvalue weighted by Crippen LogP contribution is -2.59. The molecule has 1 aromatic rings. The number of esters is 3. The fourth-order valence-corrected chi connectivity index (χ4v) is 4.40. The van der Waals surface area contributed by atoms with Gasteiger partial charge in [0, 0.05) is 30.6 Å². The van der Waals surface area contributed by atoms with E-state index in [9.17, 15) is 14.4 Å². The van der Waals surface area contributed by atoms with Crippen LogP contribution in [0.1, 0.15) is 26.3 Å². The standard InChI is InChI=1S/C19H19ClN4O7S/c1-9(25)28-8-15-17(29-10(2)26)16(23-24-22)18(30-11(3)27)19(31-15)32-13-5-4-12(7-21)14(20)6-13/h4-6,15-19H,8H2,1-3H3/t15-,16+,17+,18-,19-/m1/s1. The number of halogens is 1. The Morgan fingerprint density at radius 3 is 2.41 bits per heavy atom. The molecule has 1 saturated heterocycles. The van der Waals surface area contributed by atoms with Gasteiger partial charge in [0.1, 0.15) is 42.5 Å². The number of benzene rings is 1. The summed E-state index contributed by atoms with van der Waals surface area (Å²) in [5.74, 6) is -1.97. The highest BCUT2D eigenvalue weighted by molar-refractivity contribution is 7.99. The first-order chi connectivity index (χ1) is 15.2. The Bertz CT molecular complexity index is 979. The average molecular weight is 483 g/mol. The summed E-state index contributed by atoms with van der Waals surface area (Å²) in [5, 5.41) is 12.9. The average Bonchev–Trinajstić information content (AvgIpc) is 2.70. The highest BCUT2D eigenvalue weighted by Crippen LogP contribution is 2.38. The van der Waals surface area contributed by atoms with Crippen molar-refractivity contribution < 1.29 is 33.3 Å². The van der Waals surface area contributed by atoms with E-state index in [0.717, 1.165) is 18.7 Å². The smallest absolute Gasteiger partial charge is 0.303 e. The molecule has 13 heteroatoms. The van der Waals surface area contributed by atoms with Gasteiger partial charge in [-0.2, -0.15) is 5.26 Å². The number of hydrogen-bond acceptors (Lipinski definition) is 10. The second-order valence-electron chi connectivity index (χ2n) is 6.56. The number of carbonyl (C=O) groups is 3. The van der Waals surface area contributed by atoms with E-state index < -0.39 is 47.7 Å². The second-order valence-corrected chi connectivity index (χ2v) is 8.14. The monoisotopic (exact) mass is 482 g/mol. The zero-order chi connectivity index (χ0) is 23.8. The van der Waals surface area contributed by atoms with E-state index in [1.807, 2.05) is 6.07 Å². The molecule has 1 aromatic carbocycles. The number of carbonyl (C=O) groups excluding carboxylic acids is 3. The van der Waals surface area contributed by atoms with E-state index in [2.05, 4.69) is 10.0 Å².